The highest BCUT2D eigenvalue weighted by molar-refractivity contribution is 7.91. The Hall–Kier alpha value is -1.87. The van der Waals surface area contributed by atoms with Crippen LogP contribution in [0.3, 0.4) is 0 Å². The quantitative estimate of drug-likeness (QED) is 0.868. The van der Waals surface area contributed by atoms with E-state index >= 15 is 0 Å². The van der Waals surface area contributed by atoms with E-state index in [1.54, 1.807) is 0 Å². The SMILES string of the molecule is CCn1nc(CC2(C#N)CCS(=O)(=O)C2)c2ccccc21. The van der Waals surface area contributed by atoms with Crippen LogP contribution in [-0.2, 0) is 22.8 Å². The minimum absolute atomic E-state index is 0.0518. The highest BCUT2D eigenvalue weighted by atomic mass is 32.2. The van der Waals surface area contributed by atoms with Crippen molar-refractivity contribution in [2.75, 3.05) is 11.5 Å². The summed E-state index contributed by atoms with van der Waals surface area (Å²) < 4.78 is 25.4. The Bertz CT molecular complexity index is 832. The number of nitriles is 1. The Morgan fingerprint density at radius 1 is 1.43 bits per heavy atom. The Balaban J connectivity index is 2.04. The zero-order valence-corrected chi connectivity index (χ0v) is 12.7. The molecule has 6 heteroatoms. The number of benzene rings is 1. The molecule has 1 atom stereocenters. The van der Waals surface area contributed by atoms with E-state index in [1.807, 2.05) is 35.9 Å². The minimum Gasteiger partial charge on any atom is -0.265 e. The van der Waals surface area contributed by atoms with E-state index in [9.17, 15) is 13.7 Å². The van der Waals surface area contributed by atoms with E-state index < -0.39 is 15.3 Å². The van der Waals surface area contributed by atoms with Crippen molar-refractivity contribution in [1.82, 2.24) is 9.78 Å². The fraction of sp³-hybridized carbons (Fsp3) is 0.467. The first kappa shape index (κ1) is 14.1. The van der Waals surface area contributed by atoms with E-state index in [2.05, 4.69) is 11.2 Å². The lowest BCUT2D eigenvalue weighted by Gasteiger charge is -2.16. The van der Waals surface area contributed by atoms with Gasteiger partial charge in [-0.1, -0.05) is 18.2 Å². The van der Waals surface area contributed by atoms with E-state index in [0.29, 0.717) is 12.8 Å². The first-order chi connectivity index (χ1) is 9.99. The predicted octanol–water partition coefficient (Wildman–Crippen LogP) is 1.93. The first-order valence-corrected chi connectivity index (χ1v) is 8.87. The van der Waals surface area contributed by atoms with Crippen LogP contribution in [-0.4, -0.2) is 29.7 Å². The molecule has 1 aromatic heterocycles. The predicted molar refractivity (Wildman–Crippen MR) is 80.4 cm³/mol. The summed E-state index contributed by atoms with van der Waals surface area (Å²) >= 11 is 0. The molecule has 1 aliphatic rings. The summed E-state index contributed by atoms with van der Waals surface area (Å²) in [6.07, 6.45) is 0.801. The molecule has 0 bridgehead atoms. The largest absolute Gasteiger partial charge is 0.265 e. The highest BCUT2D eigenvalue weighted by Gasteiger charge is 2.43. The van der Waals surface area contributed by atoms with Gasteiger partial charge in [0.25, 0.3) is 0 Å². The van der Waals surface area contributed by atoms with E-state index in [4.69, 9.17) is 0 Å². The van der Waals surface area contributed by atoms with Crippen LogP contribution in [0.2, 0.25) is 0 Å². The summed E-state index contributed by atoms with van der Waals surface area (Å²) in [7, 11) is -3.10. The lowest BCUT2D eigenvalue weighted by Crippen LogP contribution is -2.23. The Morgan fingerprint density at radius 3 is 2.81 bits per heavy atom. The third-order valence-electron chi connectivity index (χ3n) is 4.16. The van der Waals surface area contributed by atoms with Crippen molar-refractivity contribution in [2.24, 2.45) is 5.41 Å². The molecule has 0 amide bonds. The Morgan fingerprint density at radius 2 is 2.19 bits per heavy atom. The molecule has 3 rings (SSSR count). The number of rotatable bonds is 3. The second kappa shape index (κ2) is 4.85. The number of hydrogen-bond acceptors (Lipinski definition) is 4. The van der Waals surface area contributed by atoms with Crippen LogP contribution in [0.1, 0.15) is 19.0 Å². The summed E-state index contributed by atoms with van der Waals surface area (Å²) in [5.41, 5.74) is 1.03. The van der Waals surface area contributed by atoms with Gasteiger partial charge in [0.15, 0.2) is 9.84 Å². The van der Waals surface area contributed by atoms with Gasteiger partial charge < -0.3 is 0 Å². The maximum Gasteiger partial charge on any atom is 0.151 e. The smallest absolute Gasteiger partial charge is 0.151 e. The van der Waals surface area contributed by atoms with Crippen LogP contribution in [0.5, 0.6) is 0 Å². The van der Waals surface area contributed by atoms with Gasteiger partial charge in [0.2, 0.25) is 0 Å². The number of aromatic nitrogens is 2. The van der Waals surface area contributed by atoms with Crippen molar-refractivity contribution in [3.05, 3.63) is 30.0 Å². The maximum atomic E-state index is 11.7. The molecule has 0 radical (unpaired) electrons. The third-order valence-corrected chi connectivity index (χ3v) is 5.98. The Kier molecular flexibility index (Phi) is 3.25. The minimum atomic E-state index is -3.10. The molecular formula is C15H17N3O2S. The maximum absolute atomic E-state index is 11.7. The van der Waals surface area contributed by atoms with Gasteiger partial charge in [0.05, 0.1) is 34.2 Å². The molecule has 2 aromatic rings. The topological polar surface area (TPSA) is 75.8 Å². The monoisotopic (exact) mass is 303 g/mol. The normalized spacial score (nSPS) is 24.2. The van der Waals surface area contributed by atoms with Crippen molar-refractivity contribution in [1.29, 1.82) is 5.26 Å². The number of sulfone groups is 1. The van der Waals surface area contributed by atoms with Gasteiger partial charge in [-0.25, -0.2) is 8.42 Å². The van der Waals surface area contributed by atoms with Crippen LogP contribution < -0.4 is 0 Å². The number of para-hydroxylation sites is 1. The average molecular weight is 303 g/mol. The van der Waals surface area contributed by atoms with Crippen molar-refractivity contribution in [3.8, 4) is 6.07 Å². The lowest BCUT2D eigenvalue weighted by molar-refractivity contribution is 0.443. The molecule has 1 fully saturated rings. The number of aryl methyl sites for hydroxylation is 1. The van der Waals surface area contributed by atoms with E-state index in [0.717, 1.165) is 23.1 Å². The summed E-state index contributed by atoms with van der Waals surface area (Å²) in [6, 6.07) is 10.1. The summed E-state index contributed by atoms with van der Waals surface area (Å²) in [6.45, 7) is 2.77. The molecule has 1 aromatic carbocycles. The van der Waals surface area contributed by atoms with Crippen molar-refractivity contribution >= 4 is 20.7 Å². The molecule has 1 aliphatic heterocycles. The van der Waals surface area contributed by atoms with Gasteiger partial charge in [-0.2, -0.15) is 10.4 Å². The van der Waals surface area contributed by atoms with Gasteiger partial charge in [-0.05, 0) is 19.4 Å². The average Bonchev–Trinajstić information content (AvgIpc) is 2.98. The van der Waals surface area contributed by atoms with Gasteiger partial charge >= 0.3 is 0 Å². The molecular weight excluding hydrogens is 286 g/mol. The first-order valence-electron chi connectivity index (χ1n) is 7.05. The van der Waals surface area contributed by atoms with E-state index in [-0.39, 0.29) is 11.5 Å². The standard InChI is InChI=1S/C15H17N3O2S/c1-2-18-14-6-4-3-5-12(14)13(17-18)9-15(10-16)7-8-21(19,20)11-15/h3-6H,2,7-9,11H2,1H3. The summed E-state index contributed by atoms with van der Waals surface area (Å²) in [5, 5.41) is 15.1. The zero-order valence-electron chi connectivity index (χ0n) is 11.9. The molecule has 0 aliphatic carbocycles. The van der Waals surface area contributed by atoms with Crippen LogP contribution >= 0.6 is 0 Å². The fourth-order valence-corrected chi connectivity index (χ4v) is 5.07. The van der Waals surface area contributed by atoms with Gasteiger partial charge in [0, 0.05) is 18.4 Å². The molecule has 110 valence electrons. The highest BCUT2D eigenvalue weighted by Crippen LogP contribution is 2.36. The van der Waals surface area contributed by atoms with Crippen LogP contribution in [0, 0.1) is 16.7 Å². The third kappa shape index (κ3) is 2.42. The molecule has 0 N–H and O–H groups in total. The van der Waals surface area contributed by atoms with Crippen LogP contribution in [0.25, 0.3) is 10.9 Å². The van der Waals surface area contributed by atoms with Gasteiger partial charge in [-0.3, -0.25) is 4.68 Å². The molecule has 21 heavy (non-hydrogen) atoms. The van der Waals surface area contributed by atoms with E-state index in [1.165, 1.54) is 0 Å². The zero-order chi connectivity index (χ0) is 15.1. The lowest BCUT2D eigenvalue weighted by atomic mass is 9.84. The molecule has 1 saturated heterocycles. The molecule has 0 spiro atoms. The van der Waals surface area contributed by atoms with Crippen molar-refractivity contribution in [3.63, 3.8) is 0 Å². The number of hydrogen-bond donors (Lipinski definition) is 0. The van der Waals surface area contributed by atoms with Crippen molar-refractivity contribution < 1.29 is 8.42 Å². The summed E-state index contributed by atoms with van der Waals surface area (Å²) in [4.78, 5) is 0. The fourth-order valence-electron chi connectivity index (χ4n) is 3.07. The van der Waals surface area contributed by atoms with Gasteiger partial charge in [-0.15, -0.1) is 0 Å². The molecule has 5 nitrogen and oxygen atoms in total. The molecule has 1 unspecified atom stereocenters. The second-order valence-corrected chi connectivity index (χ2v) is 7.87. The number of fused-ring (bicyclic) bond motifs is 1. The van der Waals surface area contributed by atoms with Crippen LogP contribution in [0.4, 0.5) is 0 Å². The Labute approximate surface area is 124 Å². The summed E-state index contributed by atoms with van der Waals surface area (Å²) in [5.74, 6) is 0.0524. The molecule has 0 saturated carbocycles. The van der Waals surface area contributed by atoms with Crippen LogP contribution in [0.15, 0.2) is 24.3 Å². The van der Waals surface area contributed by atoms with Gasteiger partial charge in [0.1, 0.15) is 0 Å². The second-order valence-electron chi connectivity index (χ2n) is 5.69. The van der Waals surface area contributed by atoms with Crippen molar-refractivity contribution in [2.45, 2.75) is 26.3 Å². The number of nitrogens with zero attached hydrogens (tertiary/aromatic N) is 3. The molecule has 2 heterocycles.